The van der Waals surface area contributed by atoms with Crippen LogP contribution in [0.4, 0.5) is 0 Å². The summed E-state index contributed by atoms with van der Waals surface area (Å²) < 4.78 is 2.34. The number of carbonyl (C=O) groups is 1. The average molecular weight is 413 g/mol. The first-order valence-corrected chi connectivity index (χ1v) is 8.72. The van der Waals surface area contributed by atoms with Crippen LogP contribution in [-0.2, 0) is 0 Å². The molecule has 1 aromatic heterocycles. The van der Waals surface area contributed by atoms with Gasteiger partial charge < -0.3 is 0 Å². The van der Waals surface area contributed by atoms with Gasteiger partial charge in [-0.1, -0.05) is 33.6 Å². The summed E-state index contributed by atoms with van der Waals surface area (Å²) in [5, 5.41) is 6.93. The molecule has 1 amide bonds. The number of hydrogen-bond acceptors (Lipinski definition) is 3. The van der Waals surface area contributed by atoms with Gasteiger partial charge >= 0.3 is 0 Å². The van der Waals surface area contributed by atoms with E-state index in [9.17, 15) is 9.59 Å². The quantitative estimate of drug-likeness (QED) is 0.509. The number of aromatic amines is 1. The van der Waals surface area contributed by atoms with Crippen LogP contribution in [-0.4, -0.2) is 21.9 Å². The van der Waals surface area contributed by atoms with Gasteiger partial charge in [0, 0.05) is 15.7 Å². The molecule has 0 radical (unpaired) electrons. The highest BCUT2D eigenvalue weighted by Crippen LogP contribution is 2.10. The number of rotatable bonds is 4. The number of hydrogen-bond donors (Lipinski definition) is 2. The van der Waals surface area contributed by atoms with E-state index in [0.29, 0.717) is 16.8 Å². The molecule has 6 nitrogen and oxygen atoms in total. The molecule has 3 aromatic rings. The standard InChI is InChI=1S/C19H17BrN4O2/c1-12-3-9-16(10-4-12)24-19(26)17(13(2)23-24)11-21-22-18(25)14-5-7-15(20)8-6-14/h3-11,23H,1-2H3,(H,22,25). The summed E-state index contributed by atoms with van der Waals surface area (Å²) in [6, 6.07) is 14.5. The van der Waals surface area contributed by atoms with E-state index < -0.39 is 0 Å². The fraction of sp³-hybridized carbons (Fsp3) is 0.105. The maximum atomic E-state index is 12.6. The molecule has 0 saturated heterocycles. The zero-order valence-electron chi connectivity index (χ0n) is 14.3. The van der Waals surface area contributed by atoms with Crippen molar-refractivity contribution >= 4 is 28.1 Å². The SMILES string of the molecule is Cc1ccc(-n2[nH]c(C)c(C=NNC(=O)c3ccc(Br)cc3)c2=O)cc1. The van der Waals surface area contributed by atoms with Gasteiger partial charge in [-0.25, -0.2) is 10.1 Å². The number of hydrazone groups is 1. The minimum atomic E-state index is -0.346. The molecule has 2 aromatic carbocycles. The Morgan fingerprint density at radius 2 is 1.77 bits per heavy atom. The molecule has 132 valence electrons. The van der Waals surface area contributed by atoms with Crippen molar-refractivity contribution in [3.8, 4) is 5.69 Å². The van der Waals surface area contributed by atoms with E-state index in [1.54, 1.807) is 31.2 Å². The first-order chi connectivity index (χ1) is 12.5. The molecule has 0 fully saturated rings. The molecule has 3 rings (SSSR count). The summed E-state index contributed by atoms with van der Waals surface area (Å²) in [6.45, 7) is 3.77. The van der Waals surface area contributed by atoms with Crippen LogP contribution in [0.2, 0.25) is 0 Å². The van der Waals surface area contributed by atoms with Crippen LogP contribution >= 0.6 is 15.9 Å². The normalized spacial score (nSPS) is 11.0. The largest absolute Gasteiger partial charge is 0.295 e. The van der Waals surface area contributed by atoms with Gasteiger partial charge in [0.1, 0.15) is 0 Å². The molecular formula is C19H17BrN4O2. The van der Waals surface area contributed by atoms with Crippen LogP contribution in [0.1, 0.15) is 27.2 Å². The minimum Gasteiger partial charge on any atom is -0.295 e. The molecule has 0 aliphatic carbocycles. The fourth-order valence-electron chi connectivity index (χ4n) is 2.41. The number of H-pyrrole nitrogens is 1. The molecule has 0 spiro atoms. The van der Waals surface area contributed by atoms with Crippen LogP contribution in [0.5, 0.6) is 0 Å². The maximum Gasteiger partial charge on any atom is 0.280 e. The third-order valence-corrected chi connectivity index (χ3v) is 4.40. The zero-order valence-corrected chi connectivity index (χ0v) is 15.9. The summed E-state index contributed by atoms with van der Waals surface area (Å²) in [6.07, 6.45) is 1.36. The summed E-state index contributed by atoms with van der Waals surface area (Å²) in [5.74, 6) is -0.346. The summed E-state index contributed by atoms with van der Waals surface area (Å²) >= 11 is 3.32. The fourth-order valence-corrected chi connectivity index (χ4v) is 2.67. The summed E-state index contributed by atoms with van der Waals surface area (Å²) in [5.41, 5.74) is 5.59. The lowest BCUT2D eigenvalue weighted by atomic mass is 10.2. The smallest absolute Gasteiger partial charge is 0.280 e. The van der Waals surface area contributed by atoms with E-state index in [0.717, 1.165) is 15.7 Å². The van der Waals surface area contributed by atoms with E-state index in [1.807, 2.05) is 31.2 Å². The second-order valence-corrected chi connectivity index (χ2v) is 6.75. The molecule has 2 N–H and O–H groups in total. The number of halogens is 1. The number of carbonyl (C=O) groups excluding carboxylic acids is 1. The second kappa shape index (κ2) is 7.53. The number of benzene rings is 2. The van der Waals surface area contributed by atoms with Gasteiger partial charge in [-0.3, -0.25) is 14.7 Å². The lowest BCUT2D eigenvalue weighted by Gasteiger charge is -2.01. The van der Waals surface area contributed by atoms with E-state index in [-0.39, 0.29) is 11.5 Å². The maximum absolute atomic E-state index is 12.6. The Kier molecular flexibility index (Phi) is 5.18. The van der Waals surface area contributed by atoms with E-state index in [1.165, 1.54) is 10.9 Å². The molecule has 0 aliphatic rings. The lowest BCUT2D eigenvalue weighted by molar-refractivity contribution is 0.0955. The Labute approximate surface area is 158 Å². The van der Waals surface area contributed by atoms with Gasteiger partial charge in [-0.2, -0.15) is 5.10 Å². The Bertz CT molecular complexity index is 1020. The number of amides is 1. The van der Waals surface area contributed by atoms with E-state index in [4.69, 9.17) is 0 Å². The monoisotopic (exact) mass is 412 g/mol. The predicted octanol–water partition coefficient (Wildman–Crippen LogP) is 3.31. The van der Waals surface area contributed by atoms with Crippen LogP contribution < -0.4 is 11.0 Å². The third kappa shape index (κ3) is 3.83. The van der Waals surface area contributed by atoms with Gasteiger partial charge in [-0.15, -0.1) is 0 Å². The number of aromatic nitrogens is 2. The van der Waals surface area contributed by atoms with E-state index in [2.05, 4.69) is 31.6 Å². The van der Waals surface area contributed by atoms with Crippen LogP contribution in [0.25, 0.3) is 5.69 Å². The lowest BCUT2D eigenvalue weighted by Crippen LogP contribution is -2.20. The third-order valence-electron chi connectivity index (χ3n) is 3.88. The van der Waals surface area contributed by atoms with Gasteiger partial charge in [0.25, 0.3) is 11.5 Å². The minimum absolute atomic E-state index is 0.229. The van der Waals surface area contributed by atoms with Crippen molar-refractivity contribution in [1.29, 1.82) is 0 Å². The predicted molar refractivity (Wildman–Crippen MR) is 105 cm³/mol. The molecule has 0 aliphatic heterocycles. The first-order valence-electron chi connectivity index (χ1n) is 7.93. The zero-order chi connectivity index (χ0) is 18.7. The summed E-state index contributed by atoms with van der Waals surface area (Å²) in [7, 11) is 0. The first kappa shape index (κ1) is 17.9. The molecule has 0 saturated carbocycles. The van der Waals surface area contributed by atoms with Crippen LogP contribution in [0, 0.1) is 13.8 Å². The van der Waals surface area contributed by atoms with E-state index >= 15 is 0 Å². The molecule has 1 heterocycles. The van der Waals surface area contributed by atoms with Gasteiger partial charge in [-0.05, 0) is 50.2 Å². The second-order valence-electron chi connectivity index (χ2n) is 5.83. The Balaban J connectivity index is 1.78. The van der Waals surface area contributed by atoms with Crippen molar-refractivity contribution in [3.05, 3.63) is 85.7 Å². The highest BCUT2D eigenvalue weighted by atomic mass is 79.9. The Hall–Kier alpha value is -2.93. The van der Waals surface area contributed by atoms with Crippen LogP contribution in [0.15, 0.2) is 62.9 Å². The molecule has 0 unspecified atom stereocenters. The van der Waals surface area contributed by atoms with Crippen molar-refractivity contribution < 1.29 is 4.79 Å². The molecule has 26 heavy (non-hydrogen) atoms. The molecular weight excluding hydrogens is 396 g/mol. The van der Waals surface area contributed by atoms with Crippen molar-refractivity contribution in [2.45, 2.75) is 13.8 Å². The summed E-state index contributed by atoms with van der Waals surface area (Å²) in [4.78, 5) is 24.6. The average Bonchev–Trinajstić information content (AvgIpc) is 2.91. The van der Waals surface area contributed by atoms with Crippen molar-refractivity contribution in [3.63, 3.8) is 0 Å². The van der Waals surface area contributed by atoms with Gasteiger partial charge in [0.15, 0.2) is 0 Å². The van der Waals surface area contributed by atoms with Crippen molar-refractivity contribution in [2.75, 3.05) is 0 Å². The number of nitrogens with one attached hydrogen (secondary N) is 2. The molecule has 0 bridgehead atoms. The topological polar surface area (TPSA) is 79.2 Å². The molecule has 0 atom stereocenters. The Morgan fingerprint density at radius 1 is 1.12 bits per heavy atom. The van der Waals surface area contributed by atoms with Gasteiger partial charge in [0.2, 0.25) is 0 Å². The number of nitrogens with zero attached hydrogens (tertiary/aromatic N) is 2. The number of aryl methyl sites for hydroxylation is 2. The highest BCUT2D eigenvalue weighted by molar-refractivity contribution is 9.10. The van der Waals surface area contributed by atoms with Crippen molar-refractivity contribution in [2.24, 2.45) is 5.10 Å². The van der Waals surface area contributed by atoms with Crippen LogP contribution in [0.3, 0.4) is 0 Å². The molecule has 7 heteroatoms. The van der Waals surface area contributed by atoms with Gasteiger partial charge in [0.05, 0.1) is 17.5 Å². The van der Waals surface area contributed by atoms with Crippen molar-refractivity contribution in [1.82, 2.24) is 15.2 Å². The highest BCUT2D eigenvalue weighted by Gasteiger charge is 2.11. The Morgan fingerprint density at radius 3 is 2.42 bits per heavy atom.